The Labute approximate surface area is 115 Å². The largest absolute Gasteiger partial charge is 0.367 e. The average Bonchev–Trinajstić information content (AvgIpc) is 2.97. The summed E-state index contributed by atoms with van der Waals surface area (Å²) in [5, 5.41) is 3.09. The van der Waals surface area contributed by atoms with E-state index in [0.717, 1.165) is 30.2 Å². The fraction of sp³-hybridized carbons (Fsp3) is 0.688. The van der Waals surface area contributed by atoms with Gasteiger partial charge in [-0.15, -0.1) is 0 Å². The van der Waals surface area contributed by atoms with E-state index in [0.29, 0.717) is 6.54 Å². The Morgan fingerprint density at radius 3 is 2.84 bits per heavy atom. The van der Waals surface area contributed by atoms with Crippen LogP contribution in [0.25, 0.3) is 0 Å². The molecular weight excluding hydrogens is 236 g/mol. The van der Waals surface area contributed by atoms with Gasteiger partial charge in [0.05, 0.1) is 0 Å². The minimum atomic E-state index is 0.262. The van der Waals surface area contributed by atoms with Crippen LogP contribution in [0.2, 0.25) is 0 Å². The van der Waals surface area contributed by atoms with E-state index < -0.39 is 0 Å². The summed E-state index contributed by atoms with van der Waals surface area (Å²) >= 11 is 0. The Morgan fingerprint density at radius 2 is 2.05 bits per heavy atom. The number of carbonyl (C=O) groups is 1. The second kappa shape index (κ2) is 5.81. The van der Waals surface area contributed by atoms with Crippen LogP contribution in [0.15, 0.2) is 18.5 Å². The predicted molar refractivity (Wildman–Crippen MR) is 75.4 cm³/mol. The zero-order valence-electron chi connectivity index (χ0n) is 11.5. The van der Waals surface area contributed by atoms with Gasteiger partial charge in [0.25, 0.3) is 0 Å². The molecule has 104 valence electrons. The van der Waals surface area contributed by atoms with Gasteiger partial charge < -0.3 is 10.3 Å². The van der Waals surface area contributed by atoms with Gasteiger partial charge in [0.15, 0.2) is 0 Å². The SMILES string of the molecule is O=C(NCc1cc[nH]c1)C1CCC2CCCCC2C1. The molecule has 3 rings (SSSR count). The van der Waals surface area contributed by atoms with Crippen LogP contribution >= 0.6 is 0 Å². The van der Waals surface area contributed by atoms with E-state index in [1.807, 2.05) is 18.5 Å². The number of rotatable bonds is 3. The number of hydrogen-bond acceptors (Lipinski definition) is 1. The summed E-state index contributed by atoms with van der Waals surface area (Å²) in [4.78, 5) is 15.3. The smallest absolute Gasteiger partial charge is 0.223 e. The Bertz CT molecular complexity index is 412. The molecule has 2 aliphatic carbocycles. The third-order valence-electron chi connectivity index (χ3n) is 5.04. The highest BCUT2D eigenvalue weighted by Crippen LogP contribution is 2.42. The monoisotopic (exact) mass is 260 g/mol. The molecule has 0 saturated heterocycles. The number of nitrogens with one attached hydrogen (secondary N) is 2. The van der Waals surface area contributed by atoms with Crippen molar-refractivity contribution in [1.82, 2.24) is 10.3 Å². The van der Waals surface area contributed by atoms with Gasteiger partial charge >= 0.3 is 0 Å². The minimum absolute atomic E-state index is 0.262. The lowest BCUT2D eigenvalue weighted by Gasteiger charge is -2.38. The van der Waals surface area contributed by atoms with Crippen LogP contribution in [-0.4, -0.2) is 10.9 Å². The van der Waals surface area contributed by atoms with Crippen molar-refractivity contribution in [2.75, 3.05) is 0 Å². The third-order valence-corrected chi connectivity index (χ3v) is 5.04. The highest BCUT2D eigenvalue weighted by atomic mass is 16.1. The number of hydrogen-bond donors (Lipinski definition) is 2. The van der Waals surface area contributed by atoms with E-state index in [9.17, 15) is 4.79 Å². The van der Waals surface area contributed by atoms with Gasteiger partial charge in [0, 0.05) is 24.9 Å². The maximum Gasteiger partial charge on any atom is 0.223 e. The van der Waals surface area contributed by atoms with Gasteiger partial charge in [0.1, 0.15) is 0 Å². The van der Waals surface area contributed by atoms with Gasteiger partial charge in [-0.1, -0.05) is 25.7 Å². The number of aromatic nitrogens is 1. The lowest BCUT2D eigenvalue weighted by molar-refractivity contribution is -0.127. The zero-order chi connectivity index (χ0) is 13.1. The highest BCUT2D eigenvalue weighted by Gasteiger charge is 2.34. The molecule has 0 bridgehead atoms. The first-order valence-corrected chi connectivity index (χ1v) is 7.72. The molecule has 3 nitrogen and oxygen atoms in total. The first kappa shape index (κ1) is 12.8. The Morgan fingerprint density at radius 1 is 1.21 bits per heavy atom. The Balaban J connectivity index is 1.50. The maximum atomic E-state index is 12.2. The number of aromatic amines is 1. The van der Waals surface area contributed by atoms with Crippen molar-refractivity contribution in [2.45, 2.75) is 51.5 Å². The number of amides is 1. The van der Waals surface area contributed by atoms with Gasteiger partial charge in [-0.3, -0.25) is 4.79 Å². The summed E-state index contributed by atoms with van der Waals surface area (Å²) in [5.74, 6) is 2.27. The molecule has 2 saturated carbocycles. The van der Waals surface area contributed by atoms with Gasteiger partial charge in [0.2, 0.25) is 5.91 Å². The Kier molecular flexibility index (Phi) is 3.90. The molecule has 19 heavy (non-hydrogen) atoms. The van der Waals surface area contributed by atoms with E-state index >= 15 is 0 Å². The average molecular weight is 260 g/mol. The second-order valence-electron chi connectivity index (χ2n) is 6.25. The van der Waals surface area contributed by atoms with E-state index in [1.165, 1.54) is 32.1 Å². The van der Waals surface area contributed by atoms with Crippen molar-refractivity contribution in [1.29, 1.82) is 0 Å². The van der Waals surface area contributed by atoms with E-state index in [1.54, 1.807) is 0 Å². The van der Waals surface area contributed by atoms with Crippen molar-refractivity contribution < 1.29 is 4.79 Å². The number of carbonyl (C=O) groups excluding carboxylic acids is 1. The van der Waals surface area contributed by atoms with Gasteiger partial charge in [-0.05, 0) is 42.7 Å². The molecule has 0 aromatic carbocycles. The molecule has 0 radical (unpaired) electrons. The number of H-pyrrole nitrogens is 1. The van der Waals surface area contributed by atoms with E-state index in [4.69, 9.17) is 0 Å². The molecule has 2 fully saturated rings. The first-order chi connectivity index (χ1) is 9.33. The van der Waals surface area contributed by atoms with Crippen LogP contribution in [0.1, 0.15) is 50.5 Å². The summed E-state index contributed by atoms with van der Waals surface area (Å²) in [6, 6.07) is 2.01. The summed E-state index contributed by atoms with van der Waals surface area (Å²) < 4.78 is 0. The molecule has 1 heterocycles. The molecule has 1 amide bonds. The quantitative estimate of drug-likeness (QED) is 0.861. The predicted octanol–water partition coefficient (Wildman–Crippen LogP) is 3.24. The maximum absolute atomic E-state index is 12.2. The third kappa shape index (κ3) is 3.02. The summed E-state index contributed by atoms with van der Waals surface area (Å²) in [6.07, 6.45) is 12.9. The van der Waals surface area contributed by atoms with Crippen LogP contribution in [0.3, 0.4) is 0 Å². The molecule has 3 heteroatoms. The van der Waals surface area contributed by atoms with E-state index in [2.05, 4.69) is 10.3 Å². The van der Waals surface area contributed by atoms with Crippen LogP contribution in [0.4, 0.5) is 0 Å². The van der Waals surface area contributed by atoms with Gasteiger partial charge in [-0.2, -0.15) is 0 Å². The summed E-state index contributed by atoms with van der Waals surface area (Å²) in [7, 11) is 0. The van der Waals surface area contributed by atoms with Crippen molar-refractivity contribution in [3.63, 3.8) is 0 Å². The van der Waals surface area contributed by atoms with Crippen LogP contribution in [-0.2, 0) is 11.3 Å². The normalized spacial score (nSPS) is 30.6. The molecule has 2 N–H and O–H groups in total. The lowest BCUT2D eigenvalue weighted by atomic mass is 9.67. The topological polar surface area (TPSA) is 44.9 Å². The van der Waals surface area contributed by atoms with Gasteiger partial charge in [-0.25, -0.2) is 0 Å². The molecular formula is C16H24N2O. The zero-order valence-corrected chi connectivity index (χ0v) is 11.5. The van der Waals surface area contributed by atoms with Crippen LogP contribution in [0, 0.1) is 17.8 Å². The van der Waals surface area contributed by atoms with Crippen molar-refractivity contribution in [3.8, 4) is 0 Å². The second-order valence-corrected chi connectivity index (χ2v) is 6.25. The fourth-order valence-electron chi connectivity index (χ4n) is 3.91. The number of fused-ring (bicyclic) bond motifs is 1. The molecule has 1 aromatic rings. The highest BCUT2D eigenvalue weighted by molar-refractivity contribution is 5.78. The van der Waals surface area contributed by atoms with Crippen LogP contribution < -0.4 is 5.32 Å². The summed E-state index contributed by atoms with van der Waals surface area (Å²) in [6.45, 7) is 0.660. The molecule has 2 aliphatic rings. The van der Waals surface area contributed by atoms with Crippen molar-refractivity contribution >= 4 is 5.91 Å². The van der Waals surface area contributed by atoms with Crippen LogP contribution in [0.5, 0.6) is 0 Å². The van der Waals surface area contributed by atoms with Crippen molar-refractivity contribution in [2.24, 2.45) is 17.8 Å². The molecule has 0 aliphatic heterocycles. The minimum Gasteiger partial charge on any atom is -0.367 e. The molecule has 0 spiro atoms. The fourth-order valence-corrected chi connectivity index (χ4v) is 3.91. The van der Waals surface area contributed by atoms with Crippen molar-refractivity contribution in [3.05, 3.63) is 24.0 Å². The summed E-state index contributed by atoms with van der Waals surface area (Å²) in [5.41, 5.74) is 1.15. The Hall–Kier alpha value is -1.25. The molecule has 3 atom stereocenters. The van der Waals surface area contributed by atoms with E-state index in [-0.39, 0.29) is 11.8 Å². The molecule has 3 unspecified atom stereocenters. The standard InChI is InChI=1S/C16H24N2O/c19-16(18-11-12-7-8-17-10-12)15-6-5-13-3-1-2-4-14(13)9-15/h7-8,10,13-15,17H,1-6,9,11H2,(H,18,19). The first-order valence-electron chi connectivity index (χ1n) is 7.72. The molecule has 1 aromatic heterocycles. The lowest BCUT2D eigenvalue weighted by Crippen LogP contribution is -2.37.